The molecule has 1 rings (SSSR count). The minimum absolute atomic E-state index is 0.00331. The van der Waals surface area contributed by atoms with Crippen molar-refractivity contribution in [2.45, 2.75) is 18.8 Å². The number of carbonyl (C=O) groups excluding carboxylic acids is 1. The molecule has 0 bridgehead atoms. The summed E-state index contributed by atoms with van der Waals surface area (Å²) < 4.78 is 71.7. The van der Waals surface area contributed by atoms with Crippen LogP contribution in [0.4, 0.5) is 26.3 Å². The second kappa shape index (κ2) is 8.19. The van der Waals surface area contributed by atoms with Crippen molar-refractivity contribution in [1.29, 1.82) is 0 Å². The van der Waals surface area contributed by atoms with Crippen LogP contribution in [0, 0.1) is 0 Å². The van der Waals surface area contributed by atoms with Crippen LogP contribution in [0.25, 0.3) is 0 Å². The zero-order valence-corrected chi connectivity index (χ0v) is 11.1. The van der Waals surface area contributed by atoms with E-state index in [9.17, 15) is 31.1 Å². The number of amides is 1. The molecular formula is C11H10F6N2O4. The molecule has 0 aliphatic rings. The minimum atomic E-state index is -5.08. The lowest BCUT2D eigenvalue weighted by atomic mass is 10.2. The number of hydrogen-bond donors (Lipinski definition) is 2. The van der Waals surface area contributed by atoms with Gasteiger partial charge in [0.1, 0.15) is 5.75 Å². The highest BCUT2D eigenvalue weighted by Gasteiger charge is 2.38. The molecule has 0 unspecified atom stereocenters. The fourth-order valence-electron chi connectivity index (χ4n) is 0.986. The zero-order chi connectivity index (χ0) is 18.3. The number of primary amides is 1. The van der Waals surface area contributed by atoms with Gasteiger partial charge in [0, 0.05) is 12.3 Å². The van der Waals surface area contributed by atoms with Gasteiger partial charge in [0.2, 0.25) is 5.91 Å². The first kappa shape index (κ1) is 20.5. The van der Waals surface area contributed by atoms with Gasteiger partial charge in [0.05, 0.1) is 12.1 Å². The van der Waals surface area contributed by atoms with Crippen molar-refractivity contribution >= 4 is 11.9 Å². The third kappa shape index (κ3) is 10.8. The Kier molecular flexibility index (Phi) is 7.29. The summed E-state index contributed by atoms with van der Waals surface area (Å²) in [5.74, 6) is -3.36. The number of halogens is 6. The van der Waals surface area contributed by atoms with E-state index >= 15 is 0 Å². The second-order valence-electron chi connectivity index (χ2n) is 3.83. The molecular weight excluding hydrogens is 338 g/mol. The maximum atomic E-state index is 11.8. The molecule has 1 heterocycles. The van der Waals surface area contributed by atoms with E-state index in [1.165, 1.54) is 18.3 Å². The highest BCUT2D eigenvalue weighted by Crippen LogP contribution is 2.18. The van der Waals surface area contributed by atoms with E-state index in [1.807, 2.05) is 0 Å². The molecule has 1 amide bonds. The van der Waals surface area contributed by atoms with E-state index in [0.29, 0.717) is 0 Å². The van der Waals surface area contributed by atoms with Crippen LogP contribution in [0.5, 0.6) is 5.75 Å². The summed E-state index contributed by atoms with van der Waals surface area (Å²) in [7, 11) is 0. The fourth-order valence-corrected chi connectivity index (χ4v) is 0.986. The van der Waals surface area contributed by atoms with Gasteiger partial charge in [-0.2, -0.15) is 26.3 Å². The lowest BCUT2D eigenvalue weighted by Gasteiger charge is -2.09. The van der Waals surface area contributed by atoms with Crippen LogP contribution in [-0.2, 0) is 16.0 Å². The van der Waals surface area contributed by atoms with Crippen LogP contribution < -0.4 is 10.5 Å². The number of carboxylic acid groups (broad SMARTS) is 1. The van der Waals surface area contributed by atoms with Crippen LogP contribution in [0.3, 0.4) is 0 Å². The first-order valence-corrected chi connectivity index (χ1v) is 5.54. The molecule has 1 aromatic rings. The lowest BCUT2D eigenvalue weighted by Crippen LogP contribution is -2.21. The normalized spacial score (nSPS) is 11.2. The van der Waals surface area contributed by atoms with E-state index in [2.05, 4.69) is 9.72 Å². The Labute approximate surface area is 124 Å². The third-order valence-corrected chi connectivity index (χ3v) is 1.79. The SMILES string of the molecule is NC(=O)Cc1cc(OCC(F)(F)F)ccn1.O=C(O)C(F)(F)F. The van der Waals surface area contributed by atoms with Crippen molar-refractivity contribution in [2.75, 3.05) is 6.61 Å². The van der Waals surface area contributed by atoms with E-state index in [0.717, 1.165) is 0 Å². The smallest absolute Gasteiger partial charge is 0.484 e. The summed E-state index contributed by atoms with van der Waals surface area (Å²) in [4.78, 5) is 23.2. The Morgan fingerprint density at radius 1 is 1.22 bits per heavy atom. The van der Waals surface area contributed by atoms with Crippen LogP contribution in [0.1, 0.15) is 5.69 Å². The number of carboxylic acids is 1. The van der Waals surface area contributed by atoms with Gasteiger partial charge >= 0.3 is 18.3 Å². The zero-order valence-electron chi connectivity index (χ0n) is 11.1. The summed E-state index contributed by atoms with van der Waals surface area (Å²) >= 11 is 0. The Morgan fingerprint density at radius 2 is 1.74 bits per heavy atom. The van der Waals surface area contributed by atoms with Gasteiger partial charge in [-0.25, -0.2) is 4.79 Å². The van der Waals surface area contributed by atoms with Gasteiger partial charge in [-0.15, -0.1) is 0 Å². The standard InChI is InChI=1S/C9H9F3N2O2.C2HF3O2/c10-9(11,12)5-16-7-1-2-14-6(3-7)4-8(13)15;3-2(4,5)1(6)7/h1-3H,4-5H2,(H2,13,15);(H,6,7). The molecule has 0 aliphatic heterocycles. The quantitative estimate of drug-likeness (QED) is 0.806. The summed E-state index contributed by atoms with van der Waals surface area (Å²) in [6.07, 6.45) is -8.36. The van der Waals surface area contributed by atoms with E-state index in [4.69, 9.17) is 15.6 Å². The molecule has 6 nitrogen and oxygen atoms in total. The van der Waals surface area contributed by atoms with Crippen molar-refractivity contribution in [2.24, 2.45) is 5.73 Å². The number of rotatable bonds is 4. The molecule has 130 valence electrons. The molecule has 0 fully saturated rings. The average Bonchev–Trinajstić information content (AvgIpc) is 2.35. The second-order valence-corrected chi connectivity index (χ2v) is 3.83. The Morgan fingerprint density at radius 3 is 2.13 bits per heavy atom. The number of ether oxygens (including phenoxy) is 1. The largest absolute Gasteiger partial charge is 0.490 e. The third-order valence-electron chi connectivity index (χ3n) is 1.79. The Hall–Kier alpha value is -2.53. The maximum Gasteiger partial charge on any atom is 0.490 e. The summed E-state index contributed by atoms with van der Waals surface area (Å²) in [5, 5.41) is 7.12. The van der Waals surface area contributed by atoms with Gasteiger partial charge in [-0.1, -0.05) is 0 Å². The molecule has 0 aliphatic carbocycles. The van der Waals surface area contributed by atoms with Crippen LogP contribution in [0.2, 0.25) is 0 Å². The summed E-state index contributed by atoms with van der Waals surface area (Å²) in [6, 6.07) is 2.52. The molecule has 1 aromatic heterocycles. The van der Waals surface area contributed by atoms with E-state index in [-0.39, 0.29) is 17.9 Å². The molecule has 3 N–H and O–H groups in total. The first-order chi connectivity index (χ1) is 10.3. The highest BCUT2D eigenvalue weighted by molar-refractivity contribution is 5.76. The van der Waals surface area contributed by atoms with Crippen molar-refractivity contribution in [3.05, 3.63) is 24.0 Å². The van der Waals surface area contributed by atoms with E-state index < -0.39 is 30.8 Å². The van der Waals surface area contributed by atoms with Crippen LogP contribution in [-0.4, -0.2) is 40.9 Å². The minimum Gasteiger partial charge on any atom is -0.484 e. The predicted octanol–water partition coefficient (Wildman–Crippen LogP) is 1.68. The Balaban J connectivity index is 0.000000585. The molecule has 0 atom stereocenters. The van der Waals surface area contributed by atoms with Crippen molar-refractivity contribution < 1.29 is 45.8 Å². The van der Waals surface area contributed by atoms with Gasteiger partial charge < -0.3 is 15.6 Å². The highest BCUT2D eigenvalue weighted by atomic mass is 19.4. The molecule has 12 heteroatoms. The average molecular weight is 348 g/mol. The van der Waals surface area contributed by atoms with Crippen molar-refractivity contribution in [3.63, 3.8) is 0 Å². The molecule has 0 aromatic carbocycles. The number of hydrogen-bond acceptors (Lipinski definition) is 4. The molecule has 0 spiro atoms. The number of aromatic nitrogens is 1. The Bertz CT molecular complexity index is 544. The molecule has 0 saturated carbocycles. The predicted molar refractivity (Wildman–Crippen MR) is 62.4 cm³/mol. The molecule has 0 saturated heterocycles. The monoisotopic (exact) mass is 348 g/mol. The van der Waals surface area contributed by atoms with Gasteiger partial charge in [-0.05, 0) is 6.07 Å². The van der Waals surface area contributed by atoms with Crippen LogP contribution >= 0.6 is 0 Å². The summed E-state index contributed by atoms with van der Waals surface area (Å²) in [6.45, 7) is -1.38. The van der Waals surface area contributed by atoms with Crippen molar-refractivity contribution in [3.8, 4) is 5.75 Å². The number of alkyl halides is 6. The number of pyridine rings is 1. The summed E-state index contributed by atoms with van der Waals surface area (Å²) in [5.41, 5.74) is 5.19. The molecule has 0 radical (unpaired) electrons. The van der Waals surface area contributed by atoms with Gasteiger partial charge in [-0.3, -0.25) is 9.78 Å². The number of carbonyl (C=O) groups is 2. The van der Waals surface area contributed by atoms with Crippen molar-refractivity contribution in [1.82, 2.24) is 4.98 Å². The van der Waals surface area contributed by atoms with Gasteiger partial charge in [0.15, 0.2) is 6.61 Å². The first-order valence-electron chi connectivity index (χ1n) is 5.54. The van der Waals surface area contributed by atoms with Gasteiger partial charge in [0.25, 0.3) is 0 Å². The molecule has 23 heavy (non-hydrogen) atoms. The number of nitrogens with two attached hydrogens (primary N) is 1. The van der Waals surface area contributed by atoms with E-state index in [1.54, 1.807) is 0 Å². The lowest BCUT2D eigenvalue weighted by molar-refractivity contribution is -0.192. The van der Waals surface area contributed by atoms with Crippen LogP contribution in [0.15, 0.2) is 18.3 Å². The fraction of sp³-hybridized carbons (Fsp3) is 0.364. The maximum absolute atomic E-state index is 11.8. The topological polar surface area (TPSA) is 103 Å². The number of aliphatic carboxylic acids is 1. The number of nitrogens with zero attached hydrogens (tertiary/aromatic N) is 1.